The van der Waals surface area contributed by atoms with Gasteiger partial charge in [-0.15, -0.1) is 0 Å². The van der Waals surface area contributed by atoms with E-state index < -0.39 is 0 Å². The van der Waals surface area contributed by atoms with Gasteiger partial charge in [0.2, 0.25) is 0 Å². The molecule has 25 heavy (non-hydrogen) atoms. The Kier molecular flexibility index (Phi) is 4.24. The van der Waals surface area contributed by atoms with Crippen LogP contribution in [0.2, 0.25) is 0 Å². The zero-order valence-corrected chi connectivity index (χ0v) is 15.0. The number of carbonyl (C=O) groups is 1. The number of nitrogens with one attached hydrogen (secondary N) is 1. The number of halogens is 1. The van der Waals surface area contributed by atoms with Crippen LogP contribution in [0, 0.1) is 0 Å². The fourth-order valence-electron chi connectivity index (χ4n) is 3.06. The Hall–Kier alpha value is -2.66. The van der Waals surface area contributed by atoms with Crippen LogP contribution in [0.3, 0.4) is 0 Å². The highest BCUT2D eigenvalue weighted by atomic mass is 79.9. The van der Waals surface area contributed by atoms with Crippen LogP contribution in [0.5, 0.6) is 0 Å². The second-order valence-electron chi connectivity index (χ2n) is 5.87. The molecular weight excluding hydrogens is 378 g/mol. The van der Waals surface area contributed by atoms with Crippen molar-refractivity contribution in [1.82, 2.24) is 4.98 Å². The van der Waals surface area contributed by atoms with E-state index in [1.54, 1.807) is 12.3 Å². The van der Waals surface area contributed by atoms with Gasteiger partial charge in [0.1, 0.15) is 5.82 Å². The van der Waals surface area contributed by atoms with Gasteiger partial charge in [-0.1, -0.05) is 30.3 Å². The molecule has 0 radical (unpaired) electrons. The monoisotopic (exact) mass is 393 g/mol. The smallest absolute Gasteiger partial charge is 0.257 e. The van der Waals surface area contributed by atoms with E-state index in [1.165, 1.54) is 11.3 Å². The largest absolute Gasteiger partial charge is 0.340 e. The molecule has 3 aromatic rings. The maximum atomic E-state index is 12.3. The Morgan fingerprint density at radius 2 is 1.84 bits per heavy atom. The van der Waals surface area contributed by atoms with Crippen LogP contribution in [0.15, 0.2) is 71.3 Å². The molecule has 0 aliphatic carbocycles. The highest BCUT2D eigenvalue weighted by Gasteiger charge is 2.20. The van der Waals surface area contributed by atoms with Crippen molar-refractivity contribution in [3.05, 3.63) is 82.5 Å². The summed E-state index contributed by atoms with van der Waals surface area (Å²) >= 11 is 3.39. The minimum absolute atomic E-state index is 0.181. The molecule has 0 unspecified atom stereocenters. The first-order chi connectivity index (χ1) is 12.2. The van der Waals surface area contributed by atoms with Gasteiger partial charge >= 0.3 is 0 Å². The number of hydrogen-bond acceptors (Lipinski definition) is 3. The Morgan fingerprint density at radius 3 is 2.64 bits per heavy atom. The van der Waals surface area contributed by atoms with Gasteiger partial charge in [0.05, 0.1) is 17.4 Å². The van der Waals surface area contributed by atoms with E-state index in [2.05, 4.69) is 55.4 Å². The zero-order valence-electron chi connectivity index (χ0n) is 13.4. The number of fused-ring (bicyclic) bond motifs is 1. The van der Waals surface area contributed by atoms with E-state index in [9.17, 15) is 4.79 Å². The summed E-state index contributed by atoms with van der Waals surface area (Å²) in [6.07, 6.45) is 2.84. The van der Waals surface area contributed by atoms with Gasteiger partial charge < -0.3 is 10.2 Å². The SMILES string of the molecule is O=C(Nc1ccc(N2CCc3ccccc32)cn1)c1ccccc1Br. The Morgan fingerprint density at radius 1 is 1.04 bits per heavy atom. The lowest BCUT2D eigenvalue weighted by Crippen LogP contribution is -2.15. The highest BCUT2D eigenvalue weighted by Crippen LogP contribution is 2.34. The quantitative estimate of drug-likeness (QED) is 0.695. The summed E-state index contributed by atoms with van der Waals surface area (Å²) in [6, 6.07) is 19.6. The lowest BCUT2D eigenvalue weighted by molar-refractivity contribution is 0.102. The third-order valence-electron chi connectivity index (χ3n) is 4.31. The summed E-state index contributed by atoms with van der Waals surface area (Å²) in [5, 5.41) is 2.84. The minimum atomic E-state index is -0.181. The summed E-state index contributed by atoms with van der Waals surface area (Å²) < 4.78 is 0.762. The summed E-state index contributed by atoms with van der Waals surface area (Å²) in [5.74, 6) is 0.358. The molecule has 2 heterocycles. The van der Waals surface area contributed by atoms with Crippen LogP contribution in [-0.2, 0) is 6.42 Å². The molecule has 0 fully saturated rings. The van der Waals surface area contributed by atoms with Gasteiger partial charge in [0, 0.05) is 16.7 Å². The molecular formula is C20H16BrN3O. The minimum Gasteiger partial charge on any atom is -0.340 e. The molecule has 0 spiro atoms. The fourth-order valence-corrected chi connectivity index (χ4v) is 3.52. The van der Waals surface area contributed by atoms with Crippen molar-refractivity contribution in [2.45, 2.75) is 6.42 Å². The van der Waals surface area contributed by atoms with E-state index in [-0.39, 0.29) is 5.91 Å². The number of benzene rings is 2. The van der Waals surface area contributed by atoms with Crippen LogP contribution < -0.4 is 10.2 Å². The topological polar surface area (TPSA) is 45.2 Å². The van der Waals surface area contributed by atoms with Crippen molar-refractivity contribution in [3.8, 4) is 0 Å². The lowest BCUT2D eigenvalue weighted by Gasteiger charge is -2.19. The van der Waals surface area contributed by atoms with Crippen molar-refractivity contribution >= 4 is 39.0 Å². The number of hydrogen-bond donors (Lipinski definition) is 1. The van der Waals surface area contributed by atoms with Crippen LogP contribution in [0.1, 0.15) is 15.9 Å². The number of nitrogens with zero attached hydrogens (tertiary/aromatic N) is 2. The average molecular weight is 394 g/mol. The summed E-state index contributed by atoms with van der Waals surface area (Å²) in [5.41, 5.74) is 4.20. The number of aromatic nitrogens is 1. The number of para-hydroxylation sites is 1. The molecule has 1 N–H and O–H groups in total. The molecule has 1 aliphatic rings. The maximum Gasteiger partial charge on any atom is 0.257 e. The lowest BCUT2D eigenvalue weighted by atomic mass is 10.2. The second-order valence-corrected chi connectivity index (χ2v) is 6.72. The normalized spacial score (nSPS) is 12.8. The van der Waals surface area contributed by atoms with E-state index >= 15 is 0 Å². The predicted octanol–water partition coefficient (Wildman–Crippen LogP) is 4.79. The number of anilines is 3. The molecule has 5 heteroatoms. The number of carbonyl (C=O) groups excluding carboxylic acids is 1. The molecule has 4 nitrogen and oxygen atoms in total. The predicted molar refractivity (Wildman–Crippen MR) is 103 cm³/mol. The summed E-state index contributed by atoms with van der Waals surface area (Å²) in [4.78, 5) is 19.0. The van der Waals surface area contributed by atoms with E-state index in [1.807, 2.05) is 30.3 Å². The standard InChI is InChI=1S/C20H16BrN3O/c21-17-7-3-2-6-16(17)20(25)23-19-10-9-15(13-22-19)24-12-11-14-5-1-4-8-18(14)24/h1-10,13H,11-12H2,(H,22,23,25). The van der Waals surface area contributed by atoms with Gasteiger partial charge in [-0.05, 0) is 58.2 Å². The van der Waals surface area contributed by atoms with Gasteiger partial charge in [0.25, 0.3) is 5.91 Å². The molecule has 0 bridgehead atoms. The van der Waals surface area contributed by atoms with E-state index in [0.717, 1.165) is 23.1 Å². The average Bonchev–Trinajstić information content (AvgIpc) is 3.07. The third-order valence-corrected chi connectivity index (χ3v) is 5.00. The van der Waals surface area contributed by atoms with Crippen LogP contribution >= 0.6 is 15.9 Å². The molecule has 4 rings (SSSR count). The molecule has 0 atom stereocenters. The number of amides is 1. The molecule has 1 aromatic heterocycles. The van der Waals surface area contributed by atoms with E-state index in [4.69, 9.17) is 0 Å². The number of rotatable bonds is 3. The zero-order chi connectivity index (χ0) is 17.2. The molecule has 2 aromatic carbocycles. The molecule has 124 valence electrons. The van der Waals surface area contributed by atoms with Crippen LogP contribution in [-0.4, -0.2) is 17.4 Å². The molecule has 0 saturated heterocycles. The van der Waals surface area contributed by atoms with Crippen molar-refractivity contribution in [2.75, 3.05) is 16.8 Å². The molecule has 0 saturated carbocycles. The summed E-state index contributed by atoms with van der Waals surface area (Å²) in [7, 11) is 0. The Labute approximate surface area is 154 Å². The fraction of sp³-hybridized carbons (Fsp3) is 0.100. The van der Waals surface area contributed by atoms with Crippen molar-refractivity contribution < 1.29 is 4.79 Å². The molecule has 1 aliphatic heterocycles. The molecule has 1 amide bonds. The first kappa shape index (κ1) is 15.8. The van der Waals surface area contributed by atoms with Gasteiger partial charge in [-0.3, -0.25) is 4.79 Å². The Bertz CT molecular complexity index is 924. The first-order valence-corrected chi connectivity index (χ1v) is 8.89. The van der Waals surface area contributed by atoms with E-state index in [0.29, 0.717) is 11.4 Å². The highest BCUT2D eigenvalue weighted by molar-refractivity contribution is 9.10. The van der Waals surface area contributed by atoms with Gasteiger partial charge in [-0.25, -0.2) is 4.98 Å². The third kappa shape index (κ3) is 3.15. The van der Waals surface area contributed by atoms with Crippen LogP contribution in [0.25, 0.3) is 0 Å². The van der Waals surface area contributed by atoms with Crippen molar-refractivity contribution in [3.63, 3.8) is 0 Å². The van der Waals surface area contributed by atoms with Crippen molar-refractivity contribution in [2.24, 2.45) is 0 Å². The van der Waals surface area contributed by atoms with Gasteiger partial charge in [0.15, 0.2) is 0 Å². The van der Waals surface area contributed by atoms with Crippen molar-refractivity contribution in [1.29, 1.82) is 0 Å². The first-order valence-electron chi connectivity index (χ1n) is 8.10. The summed E-state index contributed by atoms with van der Waals surface area (Å²) in [6.45, 7) is 0.948. The van der Waals surface area contributed by atoms with Crippen LogP contribution in [0.4, 0.5) is 17.2 Å². The number of pyridine rings is 1. The second kappa shape index (κ2) is 6.69. The maximum absolute atomic E-state index is 12.3. The Balaban J connectivity index is 1.52. The van der Waals surface area contributed by atoms with Gasteiger partial charge in [-0.2, -0.15) is 0 Å².